The molecule has 0 aromatic carbocycles. The molecule has 0 unspecified atom stereocenters. The molecule has 0 atom stereocenters. The zero-order chi connectivity index (χ0) is 13.8. The molecule has 96 valence electrons. The molecule has 0 aliphatic rings. The maximum absolute atomic E-state index is 12.2. The normalized spacial score (nSPS) is 9.95. The fourth-order valence-electron chi connectivity index (χ4n) is 1.72. The second kappa shape index (κ2) is 5.36. The molecule has 0 saturated heterocycles. The van der Waals surface area contributed by atoms with Crippen LogP contribution in [0.3, 0.4) is 0 Å². The number of pyridine rings is 1. The van der Waals surface area contributed by atoms with Gasteiger partial charge in [0.25, 0.3) is 5.91 Å². The smallest absolute Gasteiger partial charge is 0.254 e. The lowest BCUT2D eigenvalue weighted by Crippen LogP contribution is -2.26. The van der Waals surface area contributed by atoms with E-state index in [9.17, 15) is 4.79 Å². The lowest BCUT2D eigenvalue weighted by atomic mass is 10.2. The Hall–Kier alpha value is -2.61. The Labute approximate surface area is 111 Å². The Morgan fingerprint density at radius 2 is 2.26 bits per heavy atom. The van der Waals surface area contributed by atoms with E-state index in [0.29, 0.717) is 12.1 Å². The number of aryl methyl sites for hydroxylation is 1. The maximum Gasteiger partial charge on any atom is 0.254 e. The highest BCUT2D eigenvalue weighted by Crippen LogP contribution is 2.11. The van der Waals surface area contributed by atoms with Crippen molar-refractivity contribution in [2.24, 2.45) is 0 Å². The Balaban J connectivity index is 2.12. The zero-order valence-corrected chi connectivity index (χ0v) is 10.8. The van der Waals surface area contributed by atoms with E-state index >= 15 is 0 Å². The Bertz CT molecular complexity index is 640. The third kappa shape index (κ3) is 2.99. The molecule has 0 bridgehead atoms. The van der Waals surface area contributed by atoms with Gasteiger partial charge in [-0.25, -0.2) is 4.98 Å². The molecule has 0 aliphatic heterocycles. The Morgan fingerprint density at radius 3 is 2.89 bits per heavy atom. The first-order chi connectivity index (χ1) is 9.10. The molecule has 2 rings (SSSR count). The van der Waals surface area contributed by atoms with Crippen LogP contribution in [0, 0.1) is 18.3 Å². The number of hydrogen-bond donors (Lipinski definition) is 0. The van der Waals surface area contributed by atoms with Crippen molar-refractivity contribution in [2.75, 3.05) is 7.05 Å². The van der Waals surface area contributed by atoms with Gasteiger partial charge in [0.15, 0.2) is 0 Å². The van der Waals surface area contributed by atoms with Gasteiger partial charge in [0, 0.05) is 18.8 Å². The highest BCUT2D eigenvalue weighted by Gasteiger charge is 2.14. The van der Waals surface area contributed by atoms with Crippen molar-refractivity contribution < 1.29 is 9.21 Å². The summed E-state index contributed by atoms with van der Waals surface area (Å²) in [6, 6.07) is 8.68. The van der Waals surface area contributed by atoms with E-state index in [1.165, 1.54) is 17.2 Å². The molecule has 2 heterocycles. The second-order valence-corrected chi connectivity index (χ2v) is 4.22. The summed E-state index contributed by atoms with van der Waals surface area (Å²) in [6.45, 7) is 2.24. The first-order valence-corrected chi connectivity index (χ1v) is 5.77. The molecular formula is C14H13N3O2. The van der Waals surface area contributed by atoms with Gasteiger partial charge in [0.1, 0.15) is 23.3 Å². The zero-order valence-electron chi connectivity index (χ0n) is 10.8. The van der Waals surface area contributed by atoms with Crippen LogP contribution in [0.2, 0.25) is 0 Å². The summed E-state index contributed by atoms with van der Waals surface area (Å²) < 4.78 is 5.43. The number of aromatic nitrogens is 1. The van der Waals surface area contributed by atoms with Gasteiger partial charge in [-0.3, -0.25) is 4.79 Å². The minimum absolute atomic E-state index is 0.173. The third-order valence-corrected chi connectivity index (χ3v) is 2.66. The monoisotopic (exact) mass is 255 g/mol. The van der Waals surface area contributed by atoms with E-state index in [-0.39, 0.29) is 11.6 Å². The van der Waals surface area contributed by atoms with Crippen LogP contribution in [0.15, 0.2) is 34.9 Å². The van der Waals surface area contributed by atoms with E-state index in [1.807, 2.05) is 25.1 Å². The molecule has 19 heavy (non-hydrogen) atoms. The van der Waals surface area contributed by atoms with Gasteiger partial charge in [0.2, 0.25) is 0 Å². The maximum atomic E-state index is 12.2. The molecule has 0 saturated carbocycles. The van der Waals surface area contributed by atoms with Crippen LogP contribution >= 0.6 is 0 Å². The van der Waals surface area contributed by atoms with Gasteiger partial charge in [-0.2, -0.15) is 5.26 Å². The van der Waals surface area contributed by atoms with Crippen molar-refractivity contribution in [2.45, 2.75) is 13.5 Å². The molecule has 0 N–H and O–H groups in total. The summed E-state index contributed by atoms with van der Waals surface area (Å²) in [4.78, 5) is 17.5. The number of rotatable bonds is 3. The highest BCUT2D eigenvalue weighted by molar-refractivity contribution is 5.94. The quantitative estimate of drug-likeness (QED) is 0.842. The van der Waals surface area contributed by atoms with E-state index in [2.05, 4.69) is 4.98 Å². The third-order valence-electron chi connectivity index (χ3n) is 2.66. The largest absolute Gasteiger partial charge is 0.464 e. The van der Waals surface area contributed by atoms with E-state index in [1.54, 1.807) is 13.1 Å². The minimum Gasteiger partial charge on any atom is -0.464 e. The Kier molecular flexibility index (Phi) is 3.62. The summed E-state index contributed by atoms with van der Waals surface area (Å²) >= 11 is 0. The molecule has 5 heteroatoms. The van der Waals surface area contributed by atoms with E-state index in [4.69, 9.17) is 9.68 Å². The van der Waals surface area contributed by atoms with Crippen LogP contribution < -0.4 is 0 Å². The first kappa shape index (κ1) is 12.8. The number of nitrogens with zero attached hydrogens (tertiary/aromatic N) is 3. The molecule has 2 aromatic heterocycles. The second-order valence-electron chi connectivity index (χ2n) is 4.22. The van der Waals surface area contributed by atoms with Gasteiger partial charge in [-0.1, -0.05) is 0 Å². The standard InChI is InChI=1S/C14H13N3O2/c1-10-3-4-13(19-10)9-17(2)14(18)11-5-6-16-12(7-11)8-15/h3-7H,9H2,1-2H3. The number of hydrogen-bond acceptors (Lipinski definition) is 4. The van der Waals surface area contributed by atoms with Crippen molar-refractivity contribution in [3.05, 3.63) is 53.2 Å². The van der Waals surface area contributed by atoms with Crippen LogP contribution in [0.4, 0.5) is 0 Å². The molecule has 0 spiro atoms. The predicted molar refractivity (Wildman–Crippen MR) is 68.2 cm³/mol. The first-order valence-electron chi connectivity index (χ1n) is 5.77. The number of furan rings is 1. The summed E-state index contributed by atoms with van der Waals surface area (Å²) in [7, 11) is 1.69. The van der Waals surface area contributed by atoms with Crippen molar-refractivity contribution in [1.82, 2.24) is 9.88 Å². The van der Waals surface area contributed by atoms with E-state index in [0.717, 1.165) is 11.5 Å². The summed E-state index contributed by atoms with van der Waals surface area (Å²) in [5, 5.41) is 8.77. The minimum atomic E-state index is -0.173. The molecule has 0 aliphatic carbocycles. The fourth-order valence-corrected chi connectivity index (χ4v) is 1.72. The lowest BCUT2D eigenvalue weighted by molar-refractivity contribution is 0.0775. The number of carbonyl (C=O) groups excluding carboxylic acids is 1. The van der Waals surface area contributed by atoms with Crippen molar-refractivity contribution in [3.8, 4) is 6.07 Å². The average molecular weight is 255 g/mol. The number of carbonyl (C=O) groups is 1. The van der Waals surface area contributed by atoms with Crippen molar-refractivity contribution >= 4 is 5.91 Å². The summed E-state index contributed by atoms with van der Waals surface area (Å²) in [5.41, 5.74) is 0.672. The molecule has 1 amide bonds. The fraction of sp³-hybridized carbons (Fsp3) is 0.214. The molecule has 2 aromatic rings. The predicted octanol–water partition coefficient (Wildman–Crippen LogP) is 2.13. The SMILES string of the molecule is Cc1ccc(CN(C)C(=O)c2ccnc(C#N)c2)o1. The Morgan fingerprint density at radius 1 is 1.47 bits per heavy atom. The van der Waals surface area contributed by atoms with Crippen LogP contribution in [0.1, 0.15) is 27.6 Å². The van der Waals surface area contributed by atoms with Crippen molar-refractivity contribution in [3.63, 3.8) is 0 Å². The van der Waals surface area contributed by atoms with E-state index < -0.39 is 0 Å². The summed E-state index contributed by atoms with van der Waals surface area (Å²) in [6.07, 6.45) is 1.46. The highest BCUT2D eigenvalue weighted by atomic mass is 16.3. The molecule has 0 fully saturated rings. The summed E-state index contributed by atoms with van der Waals surface area (Å²) in [5.74, 6) is 1.36. The van der Waals surface area contributed by atoms with Crippen LogP contribution in [-0.2, 0) is 6.54 Å². The van der Waals surface area contributed by atoms with Gasteiger partial charge >= 0.3 is 0 Å². The van der Waals surface area contributed by atoms with Crippen LogP contribution in [0.25, 0.3) is 0 Å². The average Bonchev–Trinajstić information content (AvgIpc) is 2.83. The number of amides is 1. The van der Waals surface area contributed by atoms with Crippen LogP contribution in [-0.4, -0.2) is 22.8 Å². The number of nitriles is 1. The topological polar surface area (TPSA) is 70.1 Å². The van der Waals surface area contributed by atoms with Gasteiger partial charge in [0.05, 0.1) is 6.54 Å². The van der Waals surface area contributed by atoms with Crippen LogP contribution in [0.5, 0.6) is 0 Å². The molecular weight excluding hydrogens is 242 g/mol. The van der Waals surface area contributed by atoms with Crippen molar-refractivity contribution in [1.29, 1.82) is 5.26 Å². The van der Waals surface area contributed by atoms with Gasteiger partial charge in [-0.05, 0) is 31.2 Å². The molecule has 5 nitrogen and oxygen atoms in total. The van der Waals surface area contributed by atoms with Gasteiger partial charge in [-0.15, -0.1) is 0 Å². The van der Waals surface area contributed by atoms with Gasteiger partial charge < -0.3 is 9.32 Å². The molecule has 0 radical (unpaired) electrons. The lowest BCUT2D eigenvalue weighted by Gasteiger charge is -2.15.